The van der Waals surface area contributed by atoms with E-state index in [2.05, 4.69) is 5.32 Å². The summed E-state index contributed by atoms with van der Waals surface area (Å²) in [4.78, 5) is 25.0. The maximum absolute atomic E-state index is 12.0. The van der Waals surface area contributed by atoms with Crippen LogP contribution in [-0.2, 0) is 16.1 Å². The fourth-order valence-electron chi connectivity index (χ4n) is 1.62. The molecular formula is C14H22ClN3O2. The Hall–Kier alpha value is -1.59. The van der Waals surface area contributed by atoms with Crippen molar-refractivity contribution in [3.8, 4) is 0 Å². The Morgan fingerprint density at radius 3 is 2.40 bits per heavy atom. The SMILES string of the molecule is CCN(Cc1ccccc1)C(=O)CNC(=O)[C@H](C)N.Cl. The summed E-state index contributed by atoms with van der Waals surface area (Å²) >= 11 is 0. The molecule has 0 aromatic heterocycles. The topological polar surface area (TPSA) is 75.4 Å². The van der Waals surface area contributed by atoms with Gasteiger partial charge in [-0.2, -0.15) is 0 Å². The fraction of sp³-hybridized carbons (Fsp3) is 0.429. The lowest BCUT2D eigenvalue weighted by atomic mass is 10.2. The molecule has 20 heavy (non-hydrogen) atoms. The highest BCUT2D eigenvalue weighted by molar-refractivity contribution is 5.87. The van der Waals surface area contributed by atoms with Gasteiger partial charge in [0.15, 0.2) is 0 Å². The summed E-state index contributed by atoms with van der Waals surface area (Å²) < 4.78 is 0. The molecule has 0 aliphatic heterocycles. The van der Waals surface area contributed by atoms with Gasteiger partial charge in [0.1, 0.15) is 0 Å². The van der Waals surface area contributed by atoms with Gasteiger partial charge in [0, 0.05) is 13.1 Å². The first kappa shape index (κ1) is 18.4. The molecule has 0 saturated carbocycles. The van der Waals surface area contributed by atoms with E-state index in [-0.39, 0.29) is 30.8 Å². The van der Waals surface area contributed by atoms with Gasteiger partial charge in [-0.15, -0.1) is 12.4 Å². The van der Waals surface area contributed by atoms with E-state index in [4.69, 9.17) is 5.73 Å². The van der Waals surface area contributed by atoms with Crippen molar-refractivity contribution in [1.82, 2.24) is 10.2 Å². The summed E-state index contributed by atoms with van der Waals surface area (Å²) in [5.41, 5.74) is 6.48. The maximum Gasteiger partial charge on any atom is 0.242 e. The molecule has 1 atom stereocenters. The molecule has 0 heterocycles. The van der Waals surface area contributed by atoms with Crippen molar-refractivity contribution in [3.05, 3.63) is 35.9 Å². The van der Waals surface area contributed by atoms with Crippen LogP contribution >= 0.6 is 12.4 Å². The average Bonchev–Trinajstić information content (AvgIpc) is 2.42. The molecule has 5 nitrogen and oxygen atoms in total. The van der Waals surface area contributed by atoms with Gasteiger partial charge in [-0.05, 0) is 19.4 Å². The quantitative estimate of drug-likeness (QED) is 0.820. The van der Waals surface area contributed by atoms with Crippen LogP contribution in [0.15, 0.2) is 30.3 Å². The number of benzene rings is 1. The summed E-state index contributed by atoms with van der Waals surface area (Å²) in [7, 11) is 0. The minimum atomic E-state index is -0.600. The van der Waals surface area contributed by atoms with E-state index in [1.807, 2.05) is 37.3 Å². The Morgan fingerprint density at radius 1 is 1.30 bits per heavy atom. The highest BCUT2D eigenvalue weighted by Gasteiger charge is 2.14. The number of carbonyl (C=O) groups is 2. The van der Waals surface area contributed by atoms with Crippen LogP contribution in [0.3, 0.4) is 0 Å². The second-order valence-electron chi connectivity index (χ2n) is 4.40. The molecule has 0 bridgehead atoms. The smallest absolute Gasteiger partial charge is 0.242 e. The van der Waals surface area contributed by atoms with Gasteiger partial charge in [0.2, 0.25) is 11.8 Å². The first-order valence-corrected chi connectivity index (χ1v) is 6.39. The maximum atomic E-state index is 12.0. The Morgan fingerprint density at radius 2 is 1.90 bits per heavy atom. The van der Waals surface area contributed by atoms with Gasteiger partial charge in [-0.1, -0.05) is 30.3 Å². The number of nitrogens with one attached hydrogen (secondary N) is 1. The summed E-state index contributed by atoms with van der Waals surface area (Å²) in [6.07, 6.45) is 0. The molecule has 0 fully saturated rings. The van der Waals surface area contributed by atoms with Crippen LogP contribution < -0.4 is 11.1 Å². The molecular weight excluding hydrogens is 278 g/mol. The van der Waals surface area contributed by atoms with E-state index in [1.54, 1.807) is 11.8 Å². The van der Waals surface area contributed by atoms with Crippen molar-refractivity contribution >= 4 is 24.2 Å². The number of likely N-dealkylation sites (N-methyl/N-ethyl adjacent to an activating group) is 1. The van der Waals surface area contributed by atoms with Gasteiger partial charge in [0.25, 0.3) is 0 Å². The van der Waals surface area contributed by atoms with E-state index in [1.165, 1.54) is 0 Å². The summed E-state index contributed by atoms with van der Waals surface area (Å²) in [6.45, 7) is 4.63. The average molecular weight is 300 g/mol. The van der Waals surface area contributed by atoms with Crippen molar-refractivity contribution in [2.45, 2.75) is 26.4 Å². The highest BCUT2D eigenvalue weighted by atomic mass is 35.5. The zero-order chi connectivity index (χ0) is 14.3. The molecule has 0 aliphatic rings. The molecule has 1 aromatic carbocycles. The van der Waals surface area contributed by atoms with Crippen LogP contribution in [0.2, 0.25) is 0 Å². The van der Waals surface area contributed by atoms with E-state index in [9.17, 15) is 9.59 Å². The highest BCUT2D eigenvalue weighted by Crippen LogP contribution is 2.04. The molecule has 1 rings (SSSR count). The third kappa shape index (κ3) is 6.04. The van der Waals surface area contributed by atoms with Crippen LogP contribution in [0.25, 0.3) is 0 Å². The number of carbonyl (C=O) groups excluding carboxylic acids is 2. The van der Waals surface area contributed by atoms with Crippen LogP contribution in [0.4, 0.5) is 0 Å². The van der Waals surface area contributed by atoms with Crippen molar-refractivity contribution < 1.29 is 9.59 Å². The third-order valence-corrected chi connectivity index (χ3v) is 2.78. The first-order valence-electron chi connectivity index (χ1n) is 6.39. The Labute approximate surface area is 125 Å². The van der Waals surface area contributed by atoms with Gasteiger partial charge in [-0.25, -0.2) is 0 Å². The lowest BCUT2D eigenvalue weighted by molar-refractivity contribution is -0.133. The lowest BCUT2D eigenvalue weighted by Crippen LogP contribution is -2.44. The third-order valence-electron chi connectivity index (χ3n) is 2.78. The number of amides is 2. The molecule has 0 radical (unpaired) electrons. The molecule has 1 aromatic rings. The number of rotatable bonds is 6. The monoisotopic (exact) mass is 299 g/mol. The molecule has 2 amide bonds. The largest absolute Gasteiger partial charge is 0.346 e. The van der Waals surface area contributed by atoms with Crippen LogP contribution in [0, 0.1) is 0 Å². The van der Waals surface area contributed by atoms with Crippen molar-refractivity contribution in [2.75, 3.05) is 13.1 Å². The van der Waals surface area contributed by atoms with Gasteiger partial charge >= 0.3 is 0 Å². The second kappa shape index (κ2) is 9.34. The van der Waals surface area contributed by atoms with E-state index < -0.39 is 6.04 Å². The van der Waals surface area contributed by atoms with E-state index in [0.717, 1.165) is 5.56 Å². The van der Waals surface area contributed by atoms with Crippen LogP contribution in [0.5, 0.6) is 0 Å². The van der Waals surface area contributed by atoms with Crippen LogP contribution in [-0.4, -0.2) is 35.8 Å². The summed E-state index contributed by atoms with van der Waals surface area (Å²) in [5, 5.41) is 2.53. The molecule has 0 aliphatic carbocycles. The predicted molar refractivity (Wildman–Crippen MR) is 81.4 cm³/mol. The van der Waals surface area contributed by atoms with E-state index in [0.29, 0.717) is 13.1 Å². The molecule has 6 heteroatoms. The Bertz CT molecular complexity index is 424. The predicted octanol–water partition coefficient (Wildman–Crippen LogP) is 0.920. The number of nitrogens with two attached hydrogens (primary N) is 1. The molecule has 0 spiro atoms. The normalized spacial score (nSPS) is 11.2. The molecule has 3 N–H and O–H groups in total. The minimum Gasteiger partial charge on any atom is -0.346 e. The number of halogens is 1. The zero-order valence-corrected chi connectivity index (χ0v) is 12.7. The van der Waals surface area contributed by atoms with Gasteiger partial charge < -0.3 is 16.0 Å². The Balaban J connectivity index is 0.00000361. The lowest BCUT2D eigenvalue weighted by Gasteiger charge is -2.21. The standard InChI is InChI=1S/C14H21N3O2.ClH/c1-3-17(10-12-7-5-4-6-8-12)13(18)9-16-14(19)11(2)15;/h4-8,11H,3,9-10,15H2,1-2H3,(H,16,19);1H/t11-;/m0./s1. The Kier molecular flexibility index (Phi) is 8.59. The van der Waals surface area contributed by atoms with Crippen molar-refractivity contribution in [3.63, 3.8) is 0 Å². The number of hydrogen-bond donors (Lipinski definition) is 2. The van der Waals surface area contributed by atoms with Gasteiger partial charge in [0.05, 0.1) is 12.6 Å². The van der Waals surface area contributed by atoms with Crippen LogP contribution in [0.1, 0.15) is 19.4 Å². The molecule has 0 unspecified atom stereocenters. The minimum absolute atomic E-state index is 0. The van der Waals surface area contributed by atoms with E-state index >= 15 is 0 Å². The zero-order valence-electron chi connectivity index (χ0n) is 11.8. The first-order chi connectivity index (χ1) is 9.04. The number of hydrogen-bond acceptors (Lipinski definition) is 3. The van der Waals surface area contributed by atoms with Crippen molar-refractivity contribution in [2.24, 2.45) is 5.73 Å². The second-order valence-corrected chi connectivity index (χ2v) is 4.40. The molecule has 0 saturated heterocycles. The fourth-order valence-corrected chi connectivity index (χ4v) is 1.62. The van der Waals surface area contributed by atoms with Gasteiger partial charge in [-0.3, -0.25) is 9.59 Å². The molecule has 112 valence electrons. The number of nitrogens with zero attached hydrogens (tertiary/aromatic N) is 1. The van der Waals surface area contributed by atoms with Crippen molar-refractivity contribution in [1.29, 1.82) is 0 Å². The summed E-state index contributed by atoms with van der Waals surface area (Å²) in [6, 6.07) is 9.14. The summed E-state index contributed by atoms with van der Waals surface area (Å²) in [5.74, 6) is -0.426.